The van der Waals surface area contributed by atoms with E-state index in [9.17, 15) is 4.79 Å². The van der Waals surface area contributed by atoms with Crippen LogP contribution < -0.4 is 10.2 Å². The second-order valence-corrected chi connectivity index (χ2v) is 8.03. The van der Waals surface area contributed by atoms with Gasteiger partial charge in [-0.25, -0.2) is 0 Å². The molecule has 4 heteroatoms. The molecule has 1 saturated heterocycles. The van der Waals surface area contributed by atoms with E-state index >= 15 is 0 Å². The Kier molecular flexibility index (Phi) is 7.70. The predicted octanol–water partition coefficient (Wildman–Crippen LogP) is 4.37. The largest absolute Gasteiger partial charge is 0.372 e. The SMILES string of the molecule is CCN(CC)c1ccc(CNC(=O)C2CCN(Cc3ccccc3C)CC2)cc1. The second kappa shape index (κ2) is 10.4. The minimum Gasteiger partial charge on any atom is -0.372 e. The second-order valence-electron chi connectivity index (χ2n) is 8.03. The first-order valence-corrected chi connectivity index (χ1v) is 11.0. The zero-order valence-electron chi connectivity index (χ0n) is 18.2. The van der Waals surface area contributed by atoms with Crippen molar-refractivity contribution in [3.63, 3.8) is 0 Å². The van der Waals surface area contributed by atoms with E-state index < -0.39 is 0 Å². The third kappa shape index (κ3) is 5.83. The molecule has 1 fully saturated rings. The Balaban J connectivity index is 1.43. The number of carbonyl (C=O) groups is 1. The summed E-state index contributed by atoms with van der Waals surface area (Å²) in [5.74, 6) is 0.339. The molecule has 1 N–H and O–H groups in total. The molecule has 0 atom stereocenters. The minimum atomic E-state index is 0.137. The zero-order valence-corrected chi connectivity index (χ0v) is 18.2. The van der Waals surface area contributed by atoms with Gasteiger partial charge in [0, 0.05) is 37.8 Å². The number of amides is 1. The average Bonchev–Trinajstić information content (AvgIpc) is 2.76. The van der Waals surface area contributed by atoms with E-state index in [0.717, 1.165) is 51.1 Å². The fraction of sp³-hybridized carbons (Fsp3) is 0.480. The molecule has 1 heterocycles. The number of benzene rings is 2. The highest BCUT2D eigenvalue weighted by atomic mass is 16.1. The van der Waals surface area contributed by atoms with E-state index in [2.05, 4.69) is 84.4 Å². The fourth-order valence-electron chi connectivity index (χ4n) is 4.13. The van der Waals surface area contributed by atoms with E-state index in [1.807, 2.05) is 0 Å². The molecule has 1 aliphatic rings. The summed E-state index contributed by atoms with van der Waals surface area (Å²) in [6.07, 6.45) is 1.89. The van der Waals surface area contributed by atoms with E-state index in [1.54, 1.807) is 0 Å². The van der Waals surface area contributed by atoms with Crippen LogP contribution in [0.4, 0.5) is 5.69 Å². The van der Waals surface area contributed by atoms with Crippen molar-refractivity contribution in [3.05, 3.63) is 65.2 Å². The third-order valence-electron chi connectivity index (χ3n) is 6.15. The lowest BCUT2D eigenvalue weighted by atomic mass is 9.95. The van der Waals surface area contributed by atoms with Crippen molar-refractivity contribution in [1.82, 2.24) is 10.2 Å². The van der Waals surface area contributed by atoms with Gasteiger partial charge >= 0.3 is 0 Å². The number of anilines is 1. The van der Waals surface area contributed by atoms with Gasteiger partial charge in [0.25, 0.3) is 0 Å². The Morgan fingerprint density at radius 1 is 1.03 bits per heavy atom. The lowest BCUT2D eigenvalue weighted by Gasteiger charge is -2.31. The summed E-state index contributed by atoms with van der Waals surface area (Å²) in [4.78, 5) is 17.4. The smallest absolute Gasteiger partial charge is 0.223 e. The maximum absolute atomic E-state index is 12.6. The van der Waals surface area contributed by atoms with Crippen LogP contribution in [0.5, 0.6) is 0 Å². The van der Waals surface area contributed by atoms with Crippen molar-refractivity contribution < 1.29 is 4.79 Å². The number of hydrogen-bond acceptors (Lipinski definition) is 3. The van der Waals surface area contributed by atoms with Gasteiger partial charge in [0.1, 0.15) is 0 Å². The van der Waals surface area contributed by atoms with Crippen molar-refractivity contribution in [1.29, 1.82) is 0 Å². The molecular weight excluding hydrogens is 358 g/mol. The summed E-state index contributed by atoms with van der Waals surface area (Å²) in [7, 11) is 0. The van der Waals surface area contributed by atoms with Gasteiger partial charge in [-0.3, -0.25) is 9.69 Å². The van der Waals surface area contributed by atoms with Gasteiger partial charge < -0.3 is 10.2 Å². The van der Waals surface area contributed by atoms with Crippen LogP contribution in [0, 0.1) is 12.8 Å². The van der Waals surface area contributed by atoms with Gasteiger partial charge in [-0.15, -0.1) is 0 Å². The van der Waals surface area contributed by atoms with Crippen LogP contribution in [-0.4, -0.2) is 37.0 Å². The van der Waals surface area contributed by atoms with E-state index in [1.165, 1.54) is 16.8 Å². The molecule has 3 rings (SSSR count). The van der Waals surface area contributed by atoms with E-state index in [-0.39, 0.29) is 11.8 Å². The summed E-state index contributed by atoms with van der Waals surface area (Å²) in [5, 5.41) is 3.15. The van der Waals surface area contributed by atoms with Crippen LogP contribution in [0.3, 0.4) is 0 Å². The topological polar surface area (TPSA) is 35.6 Å². The highest BCUT2D eigenvalue weighted by molar-refractivity contribution is 5.78. The molecule has 0 bridgehead atoms. The van der Waals surface area contributed by atoms with Crippen molar-refractivity contribution in [2.24, 2.45) is 5.92 Å². The van der Waals surface area contributed by atoms with Crippen LogP contribution in [0.1, 0.15) is 43.4 Å². The quantitative estimate of drug-likeness (QED) is 0.723. The molecule has 29 heavy (non-hydrogen) atoms. The summed E-state index contributed by atoms with van der Waals surface area (Å²) in [6.45, 7) is 12.1. The standard InChI is InChI=1S/C25H35N3O/c1-4-28(5-2)24-12-10-21(11-13-24)18-26-25(29)22-14-16-27(17-15-22)19-23-9-7-6-8-20(23)3/h6-13,22H,4-5,14-19H2,1-3H3,(H,26,29). The van der Waals surface area contributed by atoms with Crippen molar-refractivity contribution in [3.8, 4) is 0 Å². The molecule has 0 aromatic heterocycles. The van der Waals surface area contributed by atoms with Gasteiger partial charge in [0.05, 0.1) is 0 Å². The van der Waals surface area contributed by atoms with Gasteiger partial charge in [0.15, 0.2) is 0 Å². The Morgan fingerprint density at radius 3 is 2.31 bits per heavy atom. The number of carbonyl (C=O) groups excluding carboxylic acids is 1. The van der Waals surface area contributed by atoms with Gasteiger partial charge in [-0.2, -0.15) is 0 Å². The Bertz CT molecular complexity index is 775. The maximum Gasteiger partial charge on any atom is 0.223 e. The summed E-state index contributed by atoms with van der Waals surface area (Å²) in [5.41, 5.74) is 5.14. The van der Waals surface area contributed by atoms with Crippen LogP contribution >= 0.6 is 0 Å². The van der Waals surface area contributed by atoms with Crippen molar-refractivity contribution in [2.45, 2.75) is 46.7 Å². The normalized spacial score (nSPS) is 15.3. The fourth-order valence-corrected chi connectivity index (χ4v) is 4.13. The number of nitrogens with one attached hydrogen (secondary N) is 1. The van der Waals surface area contributed by atoms with E-state index in [4.69, 9.17) is 0 Å². The first-order chi connectivity index (χ1) is 14.1. The zero-order chi connectivity index (χ0) is 20.6. The molecular formula is C25H35N3O. The first kappa shape index (κ1) is 21.4. The Labute approximate surface area is 175 Å². The Hall–Kier alpha value is -2.33. The maximum atomic E-state index is 12.6. The molecule has 0 radical (unpaired) electrons. The lowest BCUT2D eigenvalue weighted by Crippen LogP contribution is -2.40. The Morgan fingerprint density at radius 2 is 1.69 bits per heavy atom. The highest BCUT2D eigenvalue weighted by Crippen LogP contribution is 2.21. The number of hydrogen-bond donors (Lipinski definition) is 1. The molecule has 0 saturated carbocycles. The van der Waals surface area contributed by atoms with Gasteiger partial charge in [-0.05, 0) is 75.5 Å². The minimum absolute atomic E-state index is 0.137. The number of rotatable bonds is 8. The molecule has 0 spiro atoms. The monoisotopic (exact) mass is 393 g/mol. The van der Waals surface area contributed by atoms with Crippen LogP contribution in [0.25, 0.3) is 0 Å². The summed E-state index contributed by atoms with van der Waals surface area (Å²) >= 11 is 0. The number of piperidine rings is 1. The van der Waals surface area contributed by atoms with Gasteiger partial charge in [0.2, 0.25) is 5.91 Å². The third-order valence-corrected chi connectivity index (χ3v) is 6.15. The molecule has 0 aliphatic carbocycles. The van der Waals surface area contributed by atoms with Crippen molar-refractivity contribution >= 4 is 11.6 Å². The first-order valence-electron chi connectivity index (χ1n) is 11.0. The molecule has 2 aromatic rings. The number of nitrogens with zero attached hydrogens (tertiary/aromatic N) is 2. The van der Waals surface area contributed by atoms with Crippen molar-refractivity contribution in [2.75, 3.05) is 31.1 Å². The molecule has 156 valence electrons. The van der Waals surface area contributed by atoms with E-state index in [0.29, 0.717) is 6.54 Å². The number of aryl methyl sites for hydroxylation is 1. The highest BCUT2D eigenvalue weighted by Gasteiger charge is 2.24. The number of likely N-dealkylation sites (tertiary alicyclic amines) is 1. The molecule has 1 amide bonds. The molecule has 2 aromatic carbocycles. The van der Waals surface area contributed by atoms with Crippen LogP contribution in [0.15, 0.2) is 48.5 Å². The molecule has 4 nitrogen and oxygen atoms in total. The summed E-state index contributed by atoms with van der Waals surface area (Å²) in [6, 6.07) is 17.1. The summed E-state index contributed by atoms with van der Waals surface area (Å²) < 4.78 is 0. The molecule has 0 unspecified atom stereocenters. The lowest BCUT2D eigenvalue weighted by molar-refractivity contribution is -0.126. The molecule has 1 aliphatic heterocycles. The van der Waals surface area contributed by atoms with Crippen LogP contribution in [0.2, 0.25) is 0 Å². The average molecular weight is 394 g/mol. The van der Waals surface area contributed by atoms with Crippen LogP contribution in [-0.2, 0) is 17.9 Å². The van der Waals surface area contributed by atoms with Gasteiger partial charge in [-0.1, -0.05) is 36.4 Å². The predicted molar refractivity (Wildman–Crippen MR) is 121 cm³/mol.